The molecule has 4 nitrogen and oxygen atoms in total. The van der Waals surface area contributed by atoms with E-state index < -0.39 is 0 Å². The van der Waals surface area contributed by atoms with E-state index in [4.69, 9.17) is 4.74 Å². The van der Waals surface area contributed by atoms with Crippen LogP contribution in [0.5, 0.6) is 0 Å². The summed E-state index contributed by atoms with van der Waals surface area (Å²) in [6.45, 7) is 3.54. The summed E-state index contributed by atoms with van der Waals surface area (Å²) >= 11 is 5.15. The molecule has 1 heterocycles. The highest BCUT2D eigenvalue weighted by atomic mass is 79.9. The van der Waals surface area contributed by atoms with Crippen LogP contribution in [0.3, 0.4) is 0 Å². The molecule has 0 bridgehead atoms. The summed E-state index contributed by atoms with van der Waals surface area (Å²) in [5.74, 6) is 1.27. The highest BCUT2D eigenvalue weighted by molar-refractivity contribution is 9.10. The summed E-state index contributed by atoms with van der Waals surface area (Å²) in [5, 5.41) is 0. The Labute approximate surface area is 150 Å². The van der Waals surface area contributed by atoms with E-state index in [1.54, 1.807) is 11.8 Å². The third-order valence-corrected chi connectivity index (χ3v) is 5.65. The molecule has 0 spiro atoms. The van der Waals surface area contributed by atoms with Gasteiger partial charge >= 0.3 is 5.97 Å². The second-order valence-corrected chi connectivity index (χ2v) is 7.33. The molecule has 1 aliphatic rings. The minimum absolute atomic E-state index is 0.0491. The van der Waals surface area contributed by atoms with E-state index in [0.29, 0.717) is 38.3 Å². The van der Waals surface area contributed by atoms with Gasteiger partial charge in [-0.3, -0.25) is 9.59 Å². The lowest BCUT2D eigenvalue weighted by Crippen LogP contribution is -2.41. The molecule has 0 unspecified atom stereocenters. The Kier molecular flexibility index (Phi) is 7.43. The number of carbonyl (C=O) groups is 2. The molecule has 1 saturated heterocycles. The third kappa shape index (κ3) is 5.53. The Bertz CT molecular complexity index is 544. The molecule has 0 atom stereocenters. The fourth-order valence-corrected chi connectivity index (χ4v) is 4.12. The maximum absolute atomic E-state index is 12.3. The summed E-state index contributed by atoms with van der Waals surface area (Å²) in [4.78, 5) is 25.8. The van der Waals surface area contributed by atoms with Crippen LogP contribution in [0.25, 0.3) is 0 Å². The fourth-order valence-electron chi connectivity index (χ4n) is 2.58. The smallest absolute Gasteiger partial charge is 0.309 e. The van der Waals surface area contributed by atoms with Crippen molar-refractivity contribution in [1.29, 1.82) is 0 Å². The SMILES string of the molecule is CCOC(=O)C1CCN(C(=O)CSCc2ccccc2Br)CC1. The van der Waals surface area contributed by atoms with Crippen molar-refractivity contribution in [3.63, 3.8) is 0 Å². The first kappa shape index (κ1) is 18.3. The van der Waals surface area contributed by atoms with Crippen molar-refractivity contribution in [3.05, 3.63) is 34.3 Å². The average molecular weight is 400 g/mol. The lowest BCUT2D eigenvalue weighted by Gasteiger charge is -2.30. The van der Waals surface area contributed by atoms with Crippen molar-refractivity contribution in [2.75, 3.05) is 25.4 Å². The van der Waals surface area contributed by atoms with Gasteiger partial charge in [-0.1, -0.05) is 34.1 Å². The molecule has 23 heavy (non-hydrogen) atoms. The minimum Gasteiger partial charge on any atom is -0.466 e. The summed E-state index contributed by atoms with van der Waals surface area (Å²) in [6.07, 6.45) is 1.42. The second kappa shape index (κ2) is 9.33. The number of thioether (sulfide) groups is 1. The Hall–Kier alpha value is -1.01. The molecule has 0 saturated carbocycles. The zero-order chi connectivity index (χ0) is 16.7. The van der Waals surface area contributed by atoms with Crippen LogP contribution in [-0.2, 0) is 20.1 Å². The number of hydrogen-bond acceptors (Lipinski definition) is 4. The molecule has 126 valence electrons. The number of carbonyl (C=O) groups excluding carboxylic acids is 2. The molecule has 6 heteroatoms. The maximum atomic E-state index is 12.3. The number of esters is 1. The third-order valence-electron chi connectivity index (χ3n) is 3.91. The van der Waals surface area contributed by atoms with Crippen LogP contribution in [0.4, 0.5) is 0 Å². The topological polar surface area (TPSA) is 46.6 Å². The van der Waals surface area contributed by atoms with Gasteiger partial charge in [0.1, 0.15) is 0 Å². The van der Waals surface area contributed by atoms with Crippen molar-refractivity contribution in [3.8, 4) is 0 Å². The Morgan fingerprint density at radius 2 is 2.00 bits per heavy atom. The Balaban J connectivity index is 1.71. The lowest BCUT2D eigenvalue weighted by atomic mass is 9.97. The predicted molar refractivity (Wildman–Crippen MR) is 96.2 cm³/mol. The second-order valence-electron chi connectivity index (χ2n) is 5.49. The van der Waals surface area contributed by atoms with Gasteiger partial charge < -0.3 is 9.64 Å². The lowest BCUT2D eigenvalue weighted by molar-refractivity contribution is -0.151. The van der Waals surface area contributed by atoms with Crippen LogP contribution in [0.15, 0.2) is 28.7 Å². The van der Waals surface area contributed by atoms with E-state index in [2.05, 4.69) is 22.0 Å². The van der Waals surface area contributed by atoms with Gasteiger partial charge in [0, 0.05) is 23.3 Å². The quantitative estimate of drug-likeness (QED) is 0.686. The molecule has 1 fully saturated rings. The molecule has 0 aromatic heterocycles. The van der Waals surface area contributed by atoms with Gasteiger partial charge in [-0.05, 0) is 31.4 Å². The number of halogens is 1. The summed E-state index contributed by atoms with van der Waals surface area (Å²) < 4.78 is 6.13. The van der Waals surface area contributed by atoms with E-state index in [9.17, 15) is 9.59 Å². The molecule has 0 N–H and O–H groups in total. The van der Waals surface area contributed by atoms with Gasteiger partial charge in [-0.2, -0.15) is 0 Å². The zero-order valence-corrected chi connectivity index (χ0v) is 15.7. The van der Waals surface area contributed by atoms with Crippen molar-refractivity contribution in [1.82, 2.24) is 4.90 Å². The van der Waals surface area contributed by atoms with Gasteiger partial charge in [-0.15, -0.1) is 11.8 Å². The first-order valence-electron chi connectivity index (χ1n) is 7.87. The molecule has 1 amide bonds. The first-order chi connectivity index (χ1) is 11.1. The summed E-state index contributed by atoms with van der Waals surface area (Å²) in [7, 11) is 0. The zero-order valence-electron chi connectivity index (χ0n) is 13.3. The van der Waals surface area contributed by atoms with Crippen molar-refractivity contribution < 1.29 is 14.3 Å². The molecule has 1 aromatic carbocycles. The number of piperidine rings is 1. The molecule has 0 radical (unpaired) electrons. The van der Waals surface area contributed by atoms with E-state index in [1.165, 1.54) is 5.56 Å². The van der Waals surface area contributed by atoms with Crippen LogP contribution < -0.4 is 0 Å². The number of amides is 1. The van der Waals surface area contributed by atoms with Crippen LogP contribution in [0.1, 0.15) is 25.3 Å². The molecular weight excluding hydrogens is 378 g/mol. The number of benzene rings is 1. The van der Waals surface area contributed by atoms with Gasteiger partial charge in [0.25, 0.3) is 0 Å². The summed E-state index contributed by atoms with van der Waals surface area (Å²) in [5.41, 5.74) is 1.20. The minimum atomic E-state index is -0.122. The van der Waals surface area contributed by atoms with Crippen LogP contribution in [-0.4, -0.2) is 42.2 Å². The number of likely N-dealkylation sites (tertiary alicyclic amines) is 1. The highest BCUT2D eigenvalue weighted by Gasteiger charge is 2.27. The van der Waals surface area contributed by atoms with Gasteiger partial charge in [-0.25, -0.2) is 0 Å². The van der Waals surface area contributed by atoms with E-state index >= 15 is 0 Å². The molecule has 1 aromatic rings. The van der Waals surface area contributed by atoms with E-state index in [-0.39, 0.29) is 17.8 Å². The molecular formula is C17H22BrNO3S. The first-order valence-corrected chi connectivity index (χ1v) is 9.82. The number of rotatable bonds is 6. The number of hydrogen-bond donors (Lipinski definition) is 0. The standard InChI is InChI=1S/C17H22BrNO3S/c1-2-22-17(21)13-7-9-19(10-8-13)16(20)12-23-11-14-5-3-4-6-15(14)18/h3-6,13H,2,7-12H2,1H3. The van der Waals surface area contributed by atoms with Crippen molar-refractivity contribution in [2.45, 2.75) is 25.5 Å². The maximum Gasteiger partial charge on any atom is 0.309 e. The Morgan fingerprint density at radius 3 is 2.65 bits per heavy atom. The normalized spacial score (nSPS) is 15.5. The largest absolute Gasteiger partial charge is 0.466 e. The number of nitrogens with zero attached hydrogens (tertiary/aromatic N) is 1. The molecule has 0 aliphatic carbocycles. The van der Waals surface area contributed by atoms with Crippen LogP contribution >= 0.6 is 27.7 Å². The van der Waals surface area contributed by atoms with Crippen molar-refractivity contribution >= 4 is 39.6 Å². The fraction of sp³-hybridized carbons (Fsp3) is 0.529. The van der Waals surface area contributed by atoms with Gasteiger partial charge in [0.15, 0.2) is 0 Å². The molecule has 1 aliphatic heterocycles. The van der Waals surface area contributed by atoms with Crippen LogP contribution in [0.2, 0.25) is 0 Å². The summed E-state index contributed by atoms with van der Waals surface area (Å²) in [6, 6.07) is 8.06. The number of ether oxygens (including phenoxy) is 1. The van der Waals surface area contributed by atoms with Gasteiger partial charge in [0.05, 0.1) is 18.3 Å². The average Bonchev–Trinajstić information content (AvgIpc) is 2.57. The van der Waals surface area contributed by atoms with Gasteiger partial charge in [0.2, 0.25) is 5.91 Å². The highest BCUT2D eigenvalue weighted by Crippen LogP contribution is 2.23. The Morgan fingerprint density at radius 1 is 1.30 bits per heavy atom. The predicted octanol–water partition coefficient (Wildman–Crippen LogP) is 3.48. The van der Waals surface area contributed by atoms with E-state index in [0.717, 1.165) is 10.2 Å². The van der Waals surface area contributed by atoms with Crippen molar-refractivity contribution in [2.24, 2.45) is 5.92 Å². The monoisotopic (exact) mass is 399 g/mol. The van der Waals surface area contributed by atoms with Crippen LogP contribution in [0, 0.1) is 5.92 Å². The molecule has 2 rings (SSSR count). The van der Waals surface area contributed by atoms with E-state index in [1.807, 2.05) is 30.0 Å².